The Labute approximate surface area is 145 Å². The summed E-state index contributed by atoms with van der Waals surface area (Å²) in [5, 5.41) is 2.97. The number of para-hydroxylation sites is 2. The Kier molecular flexibility index (Phi) is 4.14. The number of hydrogen-bond donors (Lipinski definition) is 0. The molecule has 0 bridgehead atoms. The minimum absolute atomic E-state index is 0.00287. The SMILES string of the molecule is C[C@@H]1Oc2ccccc2O[C@@H]1C(=O)N1CCCC[C@H]1c1nccs1. The second kappa shape index (κ2) is 6.43. The van der Waals surface area contributed by atoms with Crippen LogP contribution in [0.2, 0.25) is 0 Å². The van der Waals surface area contributed by atoms with Crippen LogP contribution in [0.3, 0.4) is 0 Å². The van der Waals surface area contributed by atoms with Gasteiger partial charge in [-0.25, -0.2) is 4.98 Å². The molecular weight excluding hydrogens is 324 g/mol. The van der Waals surface area contributed by atoms with Crippen molar-refractivity contribution >= 4 is 17.2 Å². The second-order valence-electron chi connectivity index (χ2n) is 6.22. The number of rotatable bonds is 2. The van der Waals surface area contributed by atoms with E-state index in [1.807, 2.05) is 41.5 Å². The monoisotopic (exact) mass is 344 g/mol. The maximum atomic E-state index is 13.2. The Morgan fingerprint density at radius 2 is 2.04 bits per heavy atom. The van der Waals surface area contributed by atoms with E-state index in [9.17, 15) is 4.79 Å². The van der Waals surface area contributed by atoms with Gasteiger partial charge in [0.25, 0.3) is 5.91 Å². The summed E-state index contributed by atoms with van der Waals surface area (Å²) in [5.74, 6) is 1.33. The van der Waals surface area contributed by atoms with Gasteiger partial charge in [-0.2, -0.15) is 0 Å². The minimum atomic E-state index is -0.611. The number of carbonyl (C=O) groups is 1. The number of hydrogen-bond acceptors (Lipinski definition) is 5. The first-order valence-electron chi connectivity index (χ1n) is 8.36. The van der Waals surface area contributed by atoms with Gasteiger partial charge in [-0.05, 0) is 38.3 Å². The number of nitrogens with zero attached hydrogens (tertiary/aromatic N) is 2. The number of aromatic nitrogens is 1. The Balaban J connectivity index is 1.58. The Bertz CT molecular complexity index is 719. The molecule has 1 aromatic heterocycles. The molecule has 0 saturated carbocycles. The molecule has 6 heteroatoms. The normalized spacial score (nSPS) is 26.2. The van der Waals surface area contributed by atoms with E-state index in [1.165, 1.54) is 0 Å². The smallest absolute Gasteiger partial charge is 0.268 e. The van der Waals surface area contributed by atoms with Gasteiger partial charge < -0.3 is 14.4 Å². The van der Waals surface area contributed by atoms with Crippen LogP contribution >= 0.6 is 11.3 Å². The van der Waals surface area contributed by atoms with Crippen molar-refractivity contribution in [1.29, 1.82) is 0 Å². The molecule has 1 amide bonds. The lowest BCUT2D eigenvalue weighted by Crippen LogP contribution is -2.52. The van der Waals surface area contributed by atoms with Gasteiger partial charge in [0.05, 0.1) is 6.04 Å². The predicted molar refractivity (Wildman–Crippen MR) is 91.4 cm³/mol. The van der Waals surface area contributed by atoms with Gasteiger partial charge in [0.1, 0.15) is 11.1 Å². The van der Waals surface area contributed by atoms with Crippen molar-refractivity contribution in [1.82, 2.24) is 9.88 Å². The molecule has 0 N–H and O–H groups in total. The minimum Gasteiger partial charge on any atom is -0.482 e. The zero-order valence-electron chi connectivity index (χ0n) is 13.6. The van der Waals surface area contributed by atoms with Crippen LogP contribution < -0.4 is 9.47 Å². The second-order valence-corrected chi connectivity index (χ2v) is 7.15. The topological polar surface area (TPSA) is 51.7 Å². The lowest BCUT2D eigenvalue weighted by atomic mass is 10.0. The standard InChI is InChI=1S/C18H20N2O3S/c1-12-16(23-15-8-3-2-7-14(15)22-12)18(21)20-10-5-4-6-13(20)17-19-9-11-24-17/h2-3,7-9,11-13,16H,4-6,10H2,1H3/t12-,13-,16-/m0/s1. The van der Waals surface area contributed by atoms with Crippen molar-refractivity contribution in [3.8, 4) is 11.5 Å². The summed E-state index contributed by atoms with van der Waals surface area (Å²) in [5.41, 5.74) is 0. The number of thiazole rings is 1. The highest BCUT2D eigenvalue weighted by molar-refractivity contribution is 7.09. The molecule has 3 heterocycles. The summed E-state index contributed by atoms with van der Waals surface area (Å²) in [6.45, 7) is 2.64. The number of ether oxygens (including phenoxy) is 2. The molecule has 5 nitrogen and oxygen atoms in total. The summed E-state index contributed by atoms with van der Waals surface area (Å²) >= 11 is 1.61. The summed E-state index contributed by atoms with van der Waals surface area (Å²) < 4.78 is 11.9. The van der Waals surface area contributed by atoms with Crippen LogP contribution in [0, 0.1) is 0 Å². The fourth-order valence-electron chi connectivity index (χ4n) is 3.41. The fourth-order valence-corrected chi connectivity index (χ4v) is 4.19. The lowest BCUT2D eigenvalue weighted by molar-refractivity contribution is -0.148. The van der Waals surface area contributed by atoms with Crippen LogP contribution in [-0.4, -0.2) is 34.5 Å². The molecule has 2 aliphatic heterocycles. The molecule has 1 fully saturated rings. The highest BCUT2D eigenvalue weighted by Gasteiger charge is 2.40. The average Bonchev–Trinajstić information content (AvgIpc) is 3.15. The van der Waals surface area contributed by atoms with Crippen LogP contribution in [0.4, 0.5) is 0 Å². The third-order valence-electron chi connectivity index (χ3n) is 4.61. The van der Waals surface area contributed by atoms with Crippen molar-refractivity contribution < 1.29 is 14.3 Å². The van der Waals surface area contributed by atoms with Gasteiger partial charge in [0, 0.05) is 18.1 Å². The van der Waals surface area contributed by atoms with Gasteiger partial charge in [-0.15, -0.1) is 11.3 Å². The van der Waals surface area contributed by atoms with Crippen molar-refractivity contribution in [2.45, 2.75) is 44.4 Å². The van der Waals surface area contributed by atoms with Crippen LogP contribution in [0.5, 0.6) is 11.5 Å². The highest BCUT2D eigenvalue weighted by atomic mass is 32.1. The summed E-state index contributed by atoms with van der Waals surface area (Å²) in [7, 11) is 0. The van der Waals surface area contributed by atoms with Crippen molar-refractivity contribution in [3.05, 3.63) is 40.8 Å². The fraction of sp³-hybridized carbons (Fsp3) is 0.444. The molecule has 0 aliphatic carbocycles. The van der Waals surface area contributed by atoms with E-state index in [0.29, 0.717) is 11.5 Å². The van der Waals surface area contributed by atoms with Gasteiger partial charge in [0.15, 0.2) is 11.5 Å². The number of fused-ring (bicyclic) bond motifs is 1. The number of amides is 1. The van der Waals surface area contributed by atoms with E-state index in [-0.39, 0.29) is 18.1 Å². The first-order valence-corrected chi connectivity index (χ1v) is 9.24. The zero-order chi connectivity index (χ0) is 16.5. The van der Waals surface area contributed by atoms with Crippen LogP contribution in [-0.2, 0) is 4.79 Å². The van der Waals surface area contributed by atoms with Crippen molar-refractivity contribution in [3.63, 3.8) is 0 Å². The van der Waals surface area contributed by atoms with Crippen LogP contribution in [0.25, 0.3) is 0 Å². The maximum absolute atomic E-state index is 13.2. The lowest BCUT2D eigenvalue weighted by Gasteiger charge is -2.39. The number of piperidine rings is 1. The molecule has 0 unspecified atom stereocenters. The van der Waals surface area contributed by atoms with Crippen molar-refractivity contribution in [2.75, 3.05) is 6.54 Å². The van der Waals surface area contributed by atoms with E-state index < -0.39 is 6.10 Å². The van der Waals surface area contributed by atoms with Crippen LogP contribution in [0.15, 0.2) is 35.8 Å². The molecule has 2 aromatic rings. The third-order valence-corrected chi connectivity index (χ3v) is 5.48. The Hall–Kier alpha value is -2.08. The summed E-state index contributed by atoms with van der Waals surface area (Å²) in [6.07, 6.45) is 3.97. The Morgan fingerprint density at radius 3 is 2.79 bits per heavy atom. The molecule has 0 radical (unpaired) electrons. The van der Waals surface area contributed by atoms with E-state index in [1.54, 1.807) is 17.5 Å². The van der Waals surface area contributed by atoms with E-state index >= 15 is 0 Å². The molecule has 126 valence electrons. The molecule has 1 aromatic carbocycles. The largest absolute Gasteiger partial charge is 0.482 e. The first kappa shape index (κ1) is 15.4. The summed E-state index contributed by atoms with van der Waals surface area (Å²) in [6, 6.07) is 7.56. The molecule has 0 spiro atoms. The number of benzene rings is 1. The molecule has 3 atom stereocenters. The molecular formula is C18H20N2O3S. The van der Waals surface area contributed by atoms with E-state index in [0.717, 1.165) is 30.8 Å². The van der Waals surface area contributed by atoms with Gasteiger partial charge in [-0.3, -0.25) is 4.79 Å². The molecule has 24 heavy (non-hydrogen) atoms. The summed E-state index contributed by atoms with van der Waals surface area (Å²) in [4.78, 5) is 19.5. The van der Waals surface area contributed by atoms with Crippen LogP contribution in [0.1, 0.15) is 37.2 Å². The number of likely N-dealkylation sites (tertiary alicyclic amines) is 1. The van der Waals surface area contributed by atoms with Gasteiger partial charge in [-0.1, -0.05) is 12.1 Å². The van der Waals surface area contributed by atoms with Gasteiger partial charge in [0.2, 0.25) is 6.10 Å². The van der Waals surface area contributed by atoms with Gasteiger partial charge >= 0.3 is 0 Å². The number of carbonyl (C=O) groups excluding carboxylic acids is 1. The maximum Gasteiger partial charge on any atom is 0.268 e. The molecule has 1 saturated heterocycles. The highest BCUT2D eigenvalue weighted by Crippen LogP contribution is 2.37. The Morgan fingerprint density at radius 1 is 1.25 bits per heavy atom. The first-order chi connectivity index (χ1) is 11.7. The molecule has 2 aliphatic rings. The predicted octanol–water partition coefficient (Wildman–Crippen LogP) is 3.43. The van der Waals surface area contributed by atoms with E-state index in [2.05, 4.69) is 4.98 Å². The average molecular weight is 344 g/mol. The van der Waals surface area contributed by atoms with E-state index in [4.69, 9.17) is 9.47 Å². The quantitative estimate of drug-likeness (QED) is 0.837. The third kappa shape index (κ3) is 2.75. The van der Waals surface area contributed by atoms with Crippen molar-refractivity contribution in [2.24, 2.45) is 0 Å². The molecule has 4 rings (SSSR count). The zero-order valence-corrected chi connectivity index (χ0v) is 14.4.